The second-order valence-corrected chi connectivity index (χ2v) is 6.65. The van der Waals surface area contributed by atoms with Gasteiger partial charge in [-0.3, -0.25) is 4.68 Å². The maximum absolute atomic E-state index is 4.75. The van der Waals surface area contributed by atoms with Crippen LogP contribution in [0.1, 0.15) is 0 Å². The van der Waals surface area contributed by atoms with E-state index in [1.807, 2.05) is 28.6 Å². The second kappa shape index (κ2) is 5.95. The summed E-state index contributed by atoms with van der Waals surface area (Å²) in [6.07, 6.45) is 5.99. The number of nitrogens with zero attached hydrogens (tertiary/aromatic N) is 5. The molecule has 6 nitrogen and oxygen atoms in total. The molecule has 3 aromatic heterocycles. The van der Waals surface area contributed by atoms with Crippen LogP contribution < -0.4 is 10.2 Å². The number of fused-ring (bicyclic) bond motifs is 1. The van der Waals surface area contributed by atoms with Gasteiger partial charge in [-0.25, -0.2) is 4.52 Å². The second-order valence-electron chi connectivity index (χ2n) is 6.65. The molecule has 0 saturated carbocycles. The third kappa shape index (κ3) is 2.55. The van der Waals surface area contributed by atoms with Crippen molar-refractivity contribution in [1.29, 1.82) is 0 Å². The van der Waals surface area contributed by atoms with Crippen LogP contribution >= 0.6 is 24.8 Å². The van der Waals surface area contributed by atoms with Crippen LogP contribution in [-0.4, -0.2) is 45.6 Å². The lowest BCUT2D eigenvalue weighted by molar-refractivity contribution is 0.120. The molecule has 24 heavy (non-hydrogen) atoms. The standard InChI is InChI=1S/C16H18N6.2ClH/c1-20-6-13(5-18-20)12-2-3-14-4-15(19-22(14)7-12)21-10-16(11-21)8-17-9-16;;/h2-7,17H,8-11H2,1H3;2*1H. The Balaban J connectivity index is 0.000000845. The van der Waals surface area contributed by atoms with Crippen molar-refractivity contribution in [1.82, 2.24) is 24.7 Å². The highest BCUT2D eigenvalue weighted by Crippen LogP contribution is 2.37. The Bertz CT molecular complexity index is 858. The Labute approximate surface area is 152 Å². The molecule has 2 aliphatic heterocycles. The van der Waals surface area contributed by atoms with Gasteiger partial charge in [-0.1, -0.05) is 6.07 Å². The summed E-state index contributed by atoms with van der Waals surface area (Å²) in [6.45, 7) is 4.56. The molecule has 1 N–H and O–H groups in total. The average molecular weight is 367 g/mol. The number of aryl methyl sites for hydroxylation is 1. The molecule has 0 aromatic carbocycles. The van der Waals surface area contributed by atoms with Gasteiger partial charge in [0.05, 0.1) is 11.7 Å². The van der Waals surface area contributed by atoms with Crippen LogP contribution in [0.4, 0.5) is 5.82 Å². The molecule has 0 aliphatic carbocycles. The molecule has 0 bridgehead atoms. The van der Waals surface area contributed by atoms with Gasteiger partial charge in [-0.05, 0) is 6.07 Å². The van der Waals surface area contributed by atoms with Gasteiger partial charge in [0.1, 0.15) is 0 Å². The van der Waals surface area contributed by atoms with Gasteiger partial charge in [-0.15, -0.1) is 24.8 Å². The van der Waals surface area contributed by atoms with Crippen molar-refractivity contribution in [3.63, 3.8) is 0 Å². The lowest BCUT2D eigenvalue weighted by Crippen LogP contribution is -2.71. The Morgan fingerprint density at radius 3 is 2.50 bits per heavy atom. The van der Waals surface area contributed by atoms with Crippen LogP contribution in [0.15, 0.2) is 36.8 Å². The predicted molar refractivity (Wildman–Crippen MR) is 99.4 cm³/mol. The van der Waals surface area contributed by atoms with Crippen LogP contribution in [0, 0.1) is 5.41 Å². The summed E-state index contributed by atoms with van der Waals surface area (Å²) in [4.78, 5) is 2.37. The molecule has 2 saturated heterocycles. The molecule has 128 valence electrons. The molecule has 5 heterocycles. The fourth-order valence-electron chi connectivity index (χ4n) is 3.50. The van der Waals surface area contributed by atoms with E-state index >= 15 is 0 Å². The van der Waals surface area contributed by atoms with Crippen LogP contribution in [-0.2, 0) is 7.05 Å². The zero-order valence-electron chi connectivity index (χ0n) is 13.3. The highest BCUT2D eigenvalue weighted by atomic mass is 35.5. The SMILES string of the molecule is Cl.Cl.Cn1cc(-c2ccc3cc(N4CC5(CNC5)C4)nn3c2)cn1. The van der Waals surface area contributed by atoms with E-state index < -0.39 is 0 Å². The minimum Gasteiger partial charge on any atom is -0.354 e. The van der Waals surface area contributed by atoms with E-state index in [0.29, 0.717) is 5.41 Å². The van der Waals surface area contributed by atoms with E-state index in [0.717, 1.165) is 48.6 Å². The summed E-state index contributed by atoms with van der Waals surface area (Å²) in [6, 6.07) is 6.43. The molecule has 5 rings (SSSR count). The van der Waals surface area contributed by atoms with E-state index in [9.17, 15) is 0 Å². The average Bonchev–Trinajstić information content (AvgIpc) is 3.00. The van der Waals surface area contributed by atoms with Crippen molar-refractivity contribution >= 4 is 36.1 Å². The molecule has 0 amide bonds. The van der Waals surface area contributed by atoms with E-state index in [4.69, 9.17) is 5.10 Å². The number of rotatable bonds is 2. The largest absolute Gasteiger partial charge is 0.354 e. The first-order valence-electron chi connectivity index (χ1n) is 7.65. The van der Waals surface area contributed by atoms with Crippen molar-refractivity contribution in [2.75, 3.05) is 31.1 Å². The first-order valence-corrected chi connectivity index (χ1v) is 7.65. The quantitative estimate of drug-likeness (QED) is 0.753. The minimum atomic E-state index is 0. The van der Waals surface area contributed by atoms with Crippen LogP contribution in [0.2, 0.25) is 0 Å². The van der Waals surface area contributed by atoms with Crippen LogP contribution in [0.5, 0.6) is 0 Å². The lowest BCUT2D eigenvalue weighted by atomic mass is 9.74. The normalized spacial score (nSPS) is 17.8. The van der Waals surface area contributed by atoms with Gasteiger partial charge < -0.3 is 10.2 Å². The van der Waals surface area contributed by atoms with Gasteiger partial charge in [-0.2, -0.15) is 10.2 Å². The van der Waals surface area contributed by atoms with Gasteiger partial charge in [0, 0.05) is 68.2 Å². The van der Waals surface area contributed by atoms with Gasteiger partial charge in [0.2, 0.25) is 0 Å². The van der Waals surface area contributed by atoms with E-state index in [1.165, 1.54) is 0 Å². The lowest BCUT2D eigenvalue weighted by Gasteiger charge is -2.56. The summed E-state index contributed by atoms with van der Waals surface area (Å²) in [7, 11) is 1.93. The summed E-state index contributed by atoms with van der Waals surface area (Å²) >= 11 is 0. The summed E-state index contributed by atoms with van der Waals surface area (Å²) in [5.41, 5.74) is 3.91. The van der Waals surface area contributed by atoms with Gasteiger partial charge in [0.25, 0.3) is 0 Å². The van der Waals surface area contributed by atoms with E-state index in [-0.39, 0.29) is 24.8 Å². The first-order chi connectivity index (χ1) is 10.7. The van der Waals surface area contributed by atoms with Crippen molar-refractivity contribution < 1.29 is 0 Å². The molecule has 1 spiro atoms. The maximum Gasteiger partial charge on any atom is 0.151 e. The van der Waals surface area contributed by atoms with Gasteiger partial charge >= 0.3 is 0 Å². The van der Waals surface area contributed by atoms with Crippen molar-refractivity contribution in [3.05, 3.63) is 36.8 Å². The molecule has 2 aliphatic rings. The highest BCUT2D eigenvalue weighted by Gasteiger charge is 2.48. The number of nitrogens with one attached hydrogen (secondary N) is 1. The number of pyridine rings is 1. The fourth-order valence-corrected chi connectivity index (χ4v) is 3.50. The zero-order valence-corrected chi connectivity index (χ0v) is 15.0. The predicted octanol–water partition coefficient (Wildman–Crippen LogP) is 1.99. The van der Waals surface area contributed by atoms with Crippen molar-refractivity contribution in [2.45, 2.75) is 0 Å². The minimum absolute atomic E-state index is 0. The zero-order chi connectivity index (χ0) is 14.7. The van der Waals surface area contributed by atoms with E-state index in [2.05, 4.69) is 39.7 Å². The molecule has 2 fully saturated rings. The molecule has 3 aromatic rings. The Kier molecular flexibility index (Phi) is 4.23. The molecule has 0 atom stereocenters. The molecular weight excluding hydrogens is 347 g/mol. The third-order valence-electron chi connectivity index (χ3n) is 4.86. The third-order valence-corrected chi connectivity index (χ3v) is 4.86. The summed E-state index contributed by atoms with van der Waals surface area (Å²) in [5, 5.41) is 12.4. The van der Waals surface area contributed by atoms with Gasteiger partial charge in [0.15, 0.2) is 5.82 Å². The number of anilines is 1. The van der Waals surface area contributed by atoms with Crippen LogP contribution in [0.25, 0.3) is 16.6 Å². The first kappa shape index (κ1) is 17.1. The number of halogens is 2. The van der Waals surface area contributed by atoms with Crippen LogP contribution in [0.3, 0.4) is 0 Å². The molecular formula is C16H20Cl2N6. The molecule has 8 heteroatoms. The molecule has 0 radical (unpaired) electrons. The summed E-state index contributed by atoms with van der Waals surface area (Å²) in [5.74, 6) is 1.08. The van der Waals surface area contributed by atoms with E-state index in [1.54, 1.807) is 0 Å². The highest BCUT2D eigenvalue weighted by molar-refractivity contribution is 5.85. The fraction of sp³-hybridized carbons (Fsp3) is 0.375. The monoisotopic (exact) mass is 366 g/mol. The summed E-state index contributed by atoms with van der Waals surface area (Å²) < 4.78 is 3.79. The Morgan fingerprint density at radius 1 is 1.08 bits per heavy atom. The number of aromatic nitrogens is 4. The number of hydrogen-bond donors (Lipinski definition) is 1. The Hall–Kier alpha value is -1.76. The number of hydrogen-bond acceptors (Lipinski definition) is 4. The maximum atomic E-state index is 4.75. The molecule has 0 unspecified atom stereocenters. The smallest absolute Gasteiger partial charge is 0.151 e. The Morgan fingerprint density at radius 2 is 1.88 bits per heavy atom. The van der Waals surface area contributed by atoms with Crippen molar-refractivity contribution in [3.8, 4) is 11.1 Å². The topological polar surface area (TPSA) is 50.4 Å². The van der Waals surface area contributed by atoms with Crippen molar-refractivity contribution in [2.24, 2.45) is 12.5 Å².